The fourth-order valence-corrected chi connectivity index (χ4v) is 6.06. The molecule has 0 amide bonds. The van der Waals surface area contributed by atoms with Crippen molar-refractivity contribution in [2.24, 2.45) is 11.8 Å². The second-order valence-electron chi connectivity index (χ2n) is 11.4. The Morgan fingerprint density at radius 1 is 0.950 bits per heavy atom. The van der Waals surface area contributed by atoms with Gasteiger partial charge in [0.25, 0.3) is 0 Å². The molecule has 0 spiro atoms. The molecule has 3 nitrogen and oxygen atoms in total. The van der Waals surface area contributed by atoms with E-state index in [1.165, 1.54) is 54.2 Å². The first-order valence-electron chi connectivity index (χ1n) is 15.3. The minimum absolute atomic E-state index is 0. The van der Waals surface area contributed by atoms with Gasteiger partial charge in [-0.3, -0.25) is 4.98 Å². The van der Waals surface area contributed by atoms with Crippen molar-refractivity contribution in [3.05, 3.63) is 77.1 Å². The molecule has 1 atom stereocenters. The molecule has 1 unspecified atom stereocenters. The van der Waals surface area contributed by atoms with E-state index in [9.17, 15) is 10.2 Å². The number of hydrogen-bond acceptors (Lipinski definition) is 3. The Kier molecular flexibility index (Phi) is 14.6. The number of nitrogens with zero attached hydrogens (tertiary/aromatic N) is 1. The Balaban J connectivity index is 0.000000307. The van der Waals surface area contributed by atoms with Crippen LogP contribution in [0.25, 0.3) is 22.2 Å². The third-order valence-electron chi connectivity index (χ3n) is 8.51. The number of aliphatic hydroxyl groups excluding tert-OH is 2. The number of hydrogen-bond donors (Lipinski definition) is 2. The van der Waals surface area contributed by atoms with Crippen LogP contribution in [0, 0.1) is 31.7 Å². The Morgan fingerprint density at radius 3 is 2.23 bits per heavy atom. The molecule has 1 aliphatic carbocycles. The van der Waals surface area contributed by atoms with Crippen LogP contribution in [0.4, 0.5) is 0 Å². The van der Waals surface area contributed by atoms with Crippen LogP contribution in [0.5, 0.6) is 0 Å². The van der Waals surface area contributed by atoms with Crippen LogP contribution in [-0.4, -0.2) is 21.3 Å². The summed E-state index contributed by atoms with van der Waals surface area (Å²) in [6.07, 6.45) is 11.7. The Labute approximate surface area is 256 Å². The van der Waals surface area contributed by atoms with Crippen molar-refractivity contribution in [2.75, 3.05) is 0 Å². The molecule has 4 rings (SSSR count). The van der Waals surface area contributed by atoms with Gasteiger partial charge in [0, 0.05) is 31.4 Å². The standard InChI is InChI=1S/C23H24N.C13H26O2.Ir/c1-16-13-17(2)15-19(14-16)22-12-11-21-20(9-6-10-23(21)24-22)18-7-4-3-5-8-18;1-5-10(6-2)12(14)9-13(15)11(7-3)8-4;/h6,9-14,18H,3-5,7-8H2,1-2H3;9-12,14-15H,5-8H2,1-4H3;/q-1;;. The molecular weight excluding hydrogens is 671 g/mol. The summed E-state index contributed by atoms with van der Waals surface area (Å²) in [6, 6.07) is 18.8. The first-order chi connectivity index (χ1) is 18.8. The van der Waals surface area contributed by atoms with E-state index >= 15 is 0 Å². The molecule has 2 N–H and O–H groups in total. The van der Waals surface area contributed by atoms with Crippen molar-refractivity contribution in [1.82, 2.24) is 4.98 Å². The average Bonchev–Trinajstić information content (AvgIpc) is 2.94. The van der Waals surface area contributed by atoms with Crippen molar-refractivity contribution in [3.8, 4) is 11.3 Å². The van der Waals surface area contributed by atoms with E-state index in [4.69, 9.17) is 4.98 Å². The van der Waals surface area contributed by atoms with E-state index in [2.05, 4.69) is 90.1 Å². The predicted molar refractivity (Wildman–Crippen MR) is 166 cm³/mol. The van der Waals surface area contributed by atoms with Crippen LogP contribution in [0.15, 0.2) is 54.3 Å². The van der Waals surface area contributed by atoms with Gasteiger partial charge in [-0.25, -0.2) is 0 Å². The van der Waals surface area contributed by atoms with Gasteiger partial charge in [0.1, 0.15) is 0 Å². The van der Waals surface area contributed by atoms with E-state index in [-0.39, 0.29) is 31.9 Å². The number of allylic oxidation sites excluding steroid dienone is 1. The zero-order chi connectivity index (χ0) is 28.4. The minimum Gasteiger partial charge on any atom is -0.512 e. The maximum absolute atomic E-state index is 9.88. The molecule has 0 aliphatic heterocycles. The molecule has 1 radical (unpaired) electrons. The second-order valence-corrected chi connectivity index (χ2v) is 11.4. The maximum atomic E-state index is 9.88. The number of aryl methyl sites for hydroxylation is 2. The van der Waals surface area contributed by atoms with Crippen molar-refractivity contribution < 1.29 is 30.3 Å². The van der Waals surface area contributed by atoms with Gasteiger partial charge in [0.05, 0.1) is 17.4 Å². The van der Waals surface area contributed by atoms with Gasteiger partial charge in [-0.1, -0.05) is 97.9 Å². The Bertz CT molecular complexity index is 1190. The van der Waals surface area contributed by atoms with Crippen LogP contribution in [0.2, 0.25) is 0 Å². The molecule has 1 saturated carbocycles. The smallest absolute Gasteiger partial charge is 0.0939 e. The molecular formula is C36H50IrNO2-. The number of aliphatic hydroxyl groups is 2. The zero-order valence-electron chi connectivity index (χ0n) is 25.5. The average molecular weight is 721 g/mol. The Hall–Kier alpha value is -2.00. The van der Waals surface area contributed by atoms with Crippen LogP contribution in [0.1, 0.15) is 108 Å². The number of rotatable bonds is 9. The van der Waals surface area contributed by atoms with E-state index in [1.54, 1.807) is 6.08 Å². The summed E-state index contributed by atoms with van der Waals surface area (Å²) in [5.41, 5.74) is 7.16. The summed E-state index contributed by atoms with van der Waals surface area (Å²) in [4.78, 5) is 4.95. The van der Waals surface area contributed by atoms with E-state index in [0.29, 0.717) is 11.7 Å². The quantitative estimate of drug-likeness (QED) is 0.171. The van der Waals surface area contributed by atoms with Crippen LogP contribution >= 0.6 is 0 Å². The van der Waals surface area contributed by atoms with Crippen molar-refractivity contribution in [1.29, 1.82) is 0 Å². The fourth-order valence-electron chi connectivity index (χ4n) is 6.06. The normalized spacial score (nSPS) is 15.1. The molecule has 1 heterocycles. The van der Waals surface area contributed by atoms with Crippen LogP contribution < -0.4 is 0 Å². The summed E-state index contributed by atoms with van der Waals surface area (Å²) >= 11 is 0. The summed E-state index contributed by atoms with van der Waals surface area (Å²) in [6.45, 7) is 12.5. The third-order valence-corrected chi connectivity index (χ3v) is 8.51. The van der Waals surface area contributed by atoms with Gasteiger partial charge in [-0.2, -0.15) is 0 Å². The minimum atomic E-state index is -0.499. The number of fused-ring (bicyclic) bond motifs is 1. The second kappa shape index (κ2) is 17.1. The molecule has 2 aromatic carbocycles. The van der Waals surface area contributed by atoms with Crippen molar-refractivity contribution in [2.45, 2.75) is 111 Å². The van der Waals surface area contributed by atoms with Gasteiger partial charge in [-0.15, -0.1) is 34.9 Å². The summed E-state index contributed by atoms with van der Waals surface area (Å²) in [7, 11) is 0. The summed E-state index contributed by atoms with van der Waals surface area (Å²) in [5, 5.41) is 21.0. The molecule has 221 valence electrons. The molecule has 0 saturated heterocycles. The van der Waals surface area contributed by atoms with Gasteiger partial charge >= 0.3 is 0 Å². The Morgan fingerprint density at radius 2 is 1.62 bits per heavy atom. The largest absolute Gasteiger partial charge is 0.512 e. The van der Waals surface area contributed by atoms with Crippen LogP contribution in [-0.2, 0) is 20.1 Å². The van der Waals surface area contributed by atoms with Gasteiger partial charge < -0.3 is 10.2 Å². The van der Waals surface area contributed by atoms with Gasteiger partial charge in [0.2, 0.25) is 0 Å². The molecule has 1 aromatic heterocycles. The van der Waals surface area contributed by atoms with Crippen molar-refractivity contribution >= 4 is 10.9 Å². The third kappa shape index (κ3) is 9.26. The topological polar surface area (TPSA) is 53.4 Å². The zero-order valence-corrected chi connectivity index (χ0v) is 27.9. The van der Waals surface area contributed by atoms with E-state index in [1.807, 2.05) is 0 Å². The molecule has 3 aromatic rings. The SMILES string of the molecule is CCC(CC)C(O)=CC(O)C(CC)CC.Cc1[c-]c(-c2ccc3c(C4CCCCC4)cccc3n2)cc(C)c1.[Ir]. The van der Waals surface area contributed by atoms with E-state index < -0.39 is 6.10 Å². The first-order valence-corrected chi connectivity index (χ1v) is 15.3. The number of pyridine rings is 1. The number of aromatic nitrogens is 1. The van der Waals surface area contributed by atoms with E-state index in [0.717, 1.165) is 42.5 Å². The number of benzene rings is 2. The first kappa shape index (κ1) is 34.2. The molecule has 0 bridgehead atoms. The maximum Gasteiger partial charge on any atom is 0.0939 e. The summed E-state index contributed by atoms with van der Waals surface area (Å²) in [5.74, 6) is 1.54. The van der Waals surface area contributed by atoms with Gasteiger partial charge in [-0.05, 0) is 60.9 Å². The molecule has 1 fully saturated rings. The van der Waals surface area contributed by atoms with Crippen LogP contribution in [0.3, 0.4) is 0 Å². The predicted octanol–water partition coefficient (Wildman–Crippen LogP) is 10.0. The van der Waals surface area contributed by atoms with Gasteiger partial charge in [0.15, 0.2) is 0 Å². The van der Waals surface area contributed by atoms with Crippen molar-refractivity contribution in [3.63, 3.8) is 0 Å². The molecule has 4 heteroatoms. The summed E-state index contributed by atoms with van der Waals surface area (Å²) < 4.78 is 0. The molecule has 40 heavy (non-hydrogen) atoms. The molecule has 1 aliphatic rings. The monoisotopic (exact) mass is 721 g/mol. The fraction of sp³-hybridized carbons (Fsp3) is 0.528.